The Balaban J connectivity index is -0.000000301. The van der Waals surface area contributed by atoms with E-state index >= 15 is 0 Å². The highest BCUT2D eigenvalue weighted by atomic mass is 35.5. The Morgan fingerprint density at radius 3 is 1.56 bits per heavy atom. The number of nitro benzene ring substituents is 1. The molecule has 282 valence electrons. The molecule has 0 aliphatic heterocycles. The number of hydrogen-bond acceptors (Lipinski definition) is 15. The van der Waals surface area contributed by atoms with Crippen molar-refractivity contribution < 1.29 is 63.3 Å². The fraction of sp³-hybridized carbons (Fsp3) is 0.147. The Hall–Kier alpha value is -6.88. The molecule has 3 rings (SSSR count). The van der Waals surface area contributed by atoms with E-state index in [9.17, 15) is 43.7 Å². The number of carbonyl (C=O) groups excluding carboxylic acids is 7. The summed E-state index contributed by atoms with van der Waals surface area (Å²) in [5.41, 5.74) is 6.00. The third-order valence-electron chi connectivity index (χ3n) is 5.08. The average molecular weight is 750 g/mol. The Kier molecular flexibility index (Phi) is 28.0. The number of nitrogens with zero attached hydrogens (tertiary/aromatic N) is 1. The molecule has 18 heteroatoms. The fourth-order valence-corrected chi connectivity index (χ4v) is 2.88. The number of hydrogen-bond donors (Lipinski definition) is 5. The van der Waals surface area contributed by atoms with E-state index in [0.29, 0.717) is 30.1 Å². The molecule has 0 heterocycles. The molecule has 0 radical (unpaired) electrons. The molecule has 0 saturated heterocycles. The Morgan fingerprint density at radius 1 is 0.712 bits per heavy atom. The SMILES string of the molecule is C.C.C.COC(=O)/C=C/C(=O)Cl.COC(=O)/C=C/C(=O)Nc1ccc(O)cc1C=O.Nc1ccc(O)cc1C=O.O=Cc1cc(O)ccc1[N+](=O)[O-]. The van der Waals surface area contributed by atoms with Gasteiger partial charge in [0.2, 0.25) is 11.1 Å². The molecule has 0 unspecified atom stereocenters. The van der Waals surface area contributed by atoms with Gasteiger partial charge in [-0.1, -0.05) is 22.3 Å². The summed E-state index contributed by atoms with van der Waals surface area (Å²) in [6.07, 6.45) is 5.25. The summed E-state index contributed by atoms with van der Waals surface area (Å²) >= 11 is 4.85. The number of allylic oxidation sites excluding steroid dienone is 1. The summed E-state index contributed by atoms with van der Waals surface area (Å²) in [5, 5.41) is 38.8. The van der Waals surface area contributed by atoms with Crippen molar-refractivity contribution in [3.63, 3.8) is 0 Å². The van der Waals surface area contributed by atoms with Crippen LogP contribution in [0.3, 0.4) is 0 Å². The van der Waals surface area contributed by atoms with Crippen molar-refractivity contribution >= 4 is 70.6 Å². The number of rotatable bonds is 9. The molecule has 0 aliphatic rings. The fourth-order valence-electron chi connectivity index (χ4n) is 2.82. The van der Waals surface area contributed by atoms with Gasteiger partial charge in [-0.25, -0.2) is 9.59 Å². The number of aromatic hydroxyl groups is 3. The monoisotopic (exact) mass is 749 g/mol. The maximum absolute atomic E-state index is 11.4. The average Bonchev–Trinajstić information content (AvgIpc) is 3.08. The van der Waals surface area contributed by atoms with Crippen LogP contribution in [-0.2, 0) is 28.7 Å². The molecule has 0 aromatic heterocycles. The number of esters is 2. The quantitative estimate of drug-likeness (QED) is 0.0276. The first-order valence-corrected chi connectivity index (χ1v) is 13.3. The Morgan fingerprint density at radius 2 is 1.13 bits per heavy atom. The third-order valence-corrected chi connectivity index (χ3v) is 5.20. The molecule has 52 heavy (non-hydrogen) atoms. The number of anilines is 2. The minimum Gasteiger partial charge on any atom is -0.508 e. The van der Waals surface area contributed by atoms with Crippen molar-refractivity contribution in [2.24, 2.45) is 0 Å². The molecule has 3 aromatic rings. The predicted octanol–water partition coefficient (Wildman–Crippen LogP) is 5.16. The van der Waals surface area contributed by atoms with Crippen molar-refractivity contribution in [3.05, 3.63) is 106 Å². The van der Waals surface area contributed by atoms with Gasteiger partial charge >= 0.3 is 11.9 Å². The number of methoxy groups -OCH3 is 2. The van der Waals surface area contributed by atoms with Gasteiger partial charge in [-0.15, -0.1) is 0 Å². The number of benzene rings is 3. The summed E-state index contributed by atoms with van der Waals surface area (Å²) in [4.78, 5) is 83.0. The van der Waals surface area contributed by atoms with Gasteiger partial charge in [-0.3, -0.25) is 34.1 Å². The molecule has 0 aliphatic carbocycles. The van der Waals surface area contributed by atoms with E-state index in [1.165, 1.54) is 50.6 Å². The van der Waals surface area contributed by atoms with Crippen LogP contribution in [0.4, 0.5) is 17.1 Å². The predicted molar refractivity (Wildman–Crippen MR) is 194 cm³/mol. The number of nitrogens with one attached hydrogen (secondary N) is 1. The van der Waals surface area contributed by atoms with Crippen LogP contribution in [-0.4, -0.2) is 76.4 Å². The number of nitro groups is 1. The van der Waals surface area contributed by atoms with Gasteiger partial charge in [0.05, 0.1) is 30.4 Å². The number of ether oxygens (including phenoxy) is 2. The second-order valence-electron chi connectivity index (χ2n) is 8.44. The maximum atomic E-state index is 11.4. The highest BCUT2D eigenvalue weighted by Gasteiger charge is 2.12. The van der Waals surface area contributed by atoms with Gasteiger partial charge < -0.3 is 35.8 Å². The molecule has 0 spiro atoms. The molecule has 1 amide bonds. The molecular weight excluding hydrogens is 710 g/mol. The van der Waals surface area contributed by atoms with Crippen molar-refractivity contribution in [1.82, 2.24) is 0 Å². The van der Waals surface area contributed by atoms with Crippen LogP contribution in [0.2, 0.25) is 0 Å². The molecule has 0 atom stereocenters. The molecule has 6 N–H and O–H groups in total. The lowest BCUT2D eigenvalue weighted by atomic mass is 10.2. The number of nitrogen functional groups attached to an aromatic ring is 1. The first-order chi connectivity index (χ1) is 23.1. The third kappa shape index (κ3) is 21.2. The summed E-state index contributed by atoms with van der Waals surface area (Å²) in [6, 6.07) is 11.4. The number of phenols is 3. The number of phenolic OH excluding ortho intramolecular Hbond substituents is 3. The number of amides is 1. The van der Waals surface area contributed by atoms with Crippen LogP contribution in [0.15, 0.2) is 78.9 Å². The zero-order valence-corrected chi connectivity index (χ0v) is 26.2. The van der Waals surface area contributed by atoms with Gasteiger partial charge in [0.15, 0.2) is 18.9 Å². The first-order valence-electron chi connectivity index (χ1n) is 12.9. The number of aldehydes is 3. The topological polar surface area (TPSA) is 280 Å². The zero-order chi connectivity index (χ0) is 37.5. The number of halogens is 1. The Labute approximate surface area is 304 Å². The molecule has 0 bridgehead atoms. The van der Waals surface area contributed by atoms with Crippen LogP contribution in [0.25, 0.3) is 0 Å². The molecule has 17 nitrogen and oxygen atoms in total. The number of carbonyl (C=O) groups is 7. The second kappa shape index (κ2) is 28.0. The van der Waals surface area contributed by atoms with E-state index in [4.69, 9.17) is 32.7 Å². The van der Waals surface area contributed by atoms with Gasteiger partial charge in [0, 0.05) is 47.2 Å². The van der Waals surface area contributed by atoms with E-state index in [1.807, 2.05) is 0 Å². The van der Waals surface area contributed by atoms with Crippen molar-refractivity contribution in [1.29, 1.82) is 0 Å². The van der Waals surface area contributed by atoms with E-state index in [-0.39, 0.29) is 62.0 Å². The lowest BCUT2D eigenvalue weighted by Gasteiger charge is -2.05. The van der Waals surface area contributed by atoms with Crippen molar-refractivity contribution in [2.45, 2.75) is 22.3 Å². The van der Waals surface area contributed by atoms with Crippen molar-refractivity contribution in [2.75, 3.05) is 25.3 Å². The molecular formula is C34H40ClN3O14. The smallest absolute Gasteiger partial charge is 0.330 e. The highest BCUT2D eigenvalue weighted by molar-refractivity contribution is 6.66. The second-order valence-corrected chi connectivity index (χ2v) is 8.82. The first kappa shape index (κ1) is 51.9. The van der Waals surface area contributed by atoms with E-state index in [0.717, 1.165) is 42.5 Å². The summed E-state index contributed by atoms with van der Waals surface area (Å²) in [5.74, 6) is -2.04. The minimum atomic E-state index is -0.694. The highest BCUT2D eigenvalue weighted by Crippen LogP contribution is 2.21. The van der Waals surface area contributed by atoms with Crippen molar-refractivity contribution in [3.8, 4) is 17.2 Å². The summed E-state index contributed by atoms with van der Waals surface area (Å²) in [7, 11) is 2.40. The van der Waals surface area contributed by atoms with Gasteiger partial charge in [-0.05, 0) is 60.1 Å². The summed E-state index contributed by atoms with van der Waals surface area (Å²) in [6.45, 7) is 0. The van der Waals surface area contributed by atoms with Gasteiger partial charge in [0.25, 0.3) is 5.69 Å². The Bertz CT molecular complexity index is 1740. The lowest BCUT2D eigenvalue weighted by Crippen LogP contribution is -2.10. The van der Waals surface area contributed by atoms with Crippen LogP contribution in [0.5, 0.6) is 17.2 Å². The minimum absolute atomic E-state index is 0. The summed E-state index contributed by atoms with van der Waals surface area (Å²) < 4.78 is 8.48. The lowest BCUT2D eigenvalue weighted by molar-refractivity contribution is -0.385. The maximum Gasteiger partial charge on any atom is 0.330 e. The normalized spacial score (nSPS) is 9.06. The standard InChI is InChI=1S/C12H11NO5.C7H5NO4.C7H7NO2.C5H5ClO3.3CH4/c1-18-12(17)5-4-11(16)13-10-3-2-9(15)6-8(10)7-14;9-4-5-3-6(10)1-2-7(5)8(11)12;8-7-2-1-6(10)3-5(7)4-9;1-9-5(8)3-2-4(6)7;;;/h2-7,15H,1H3,(H,13,16);1-4,10H;1-4,10H,8H2;2-3H,1H3;3*1H4/b5-4+;;;3-2+;;;. The van der Waals surface area contributed by atoms with E-state index in [2.05, 4.69) is 14.8 Å². The number of nitrogens with two attached hydrogens (primary N) is 1. The zero-order valence-electron chi connectivity index (χ0n) is 25.5. The largest absolute Gasteiger partial charge is 0.508 e. The van der Waals surface area contributed by atoms with E-state index < -0.39 is 28.0 Å². The molecule has 0 fully saturated rings. The van der Waals surface area contributed by atoms with Gasteiger partial charge in [-0.2, -0.15) is 0 Å². The van der Waals surface area contributed by atoms with Crippen LogP contribution in [0, 0.1) is 10.1 Å². The van der Waals surface area contributed by atoms with Crippen LogP contribution < -0.4 is 11.1 Å². The van der Waals surface area contributed by atoms with E-state index in [1.54, 1.807) is 0 Å². The van der Waals surface area contributed by atoms with Crippen LogP contribution in [0.1, 0.15) is 53.4 Å². The molecule has 0 saturated carbocycles. The molecule has 3 aromatic carbocycles. The van der Waals surface area contributed by atoms with Gasteiger partial charge in [0.1, 0.15) is 17.2 Å². The van der Waals surface area contributed by atoms with Crippen LogP contribution >= 0.6 is 11.6 Å².